The molecule has 1 atom stereocenters. The second-order valence-electron chi connectivity index (χ2n) is 6.40. The zero-order valence-corrected chi connectivity index (χ0v) is 13.6. The topological polar surface area (TPSA) is 29.9 Å². The van der Waals surface area contributed by atoms with Crippen LogP contribution in [0.4, 0.5) is 0 Å². The van der Waals surface area contributed by atoms with Crippen LogP contribution in [-0.4, -0.2) is 21.6 Å². The molecule has 1 saturated carbocycles. The van der Waals surface area contributed by atoms with Crippen LogP contribution in [0.3, 0.4) is 0 Å². The standard InChI is InChI=1S/C17H20BrN3/c18-14-4-2-13(3-5-14)16-11-19-12-21(16)15-6-9-20-17(10-15)7-1-8-17/h2-5,11-12,15,20H,1,6-10H2. The summed E-state index contributed by atoms with van der Waals surface area (Å²) in [4.78, 5) is 4.42. The van der Waals surface area contributed by atoms with Crippen molar-refractivity contribution in [3.05, 3.63) is 41.3 Å². The number of nitrogens with one attached hydrogen (secondary N) is 1. The predicted molar refractivity (Wildman–Crippen MR) is 88.2 cm³/mol. The van der Waals surface area contributed by atoms with Gasteiger partial charge >= 0.3 is 0 Å². The lowest BCUT2D eigenvalue weighted by molar-refractivity contribution is 0.110. The van der Waals surface area contributed by atoms with Crippen molar-refractivity contribution < 1.29 is 0 Å². The molecule has 4 rings (SSSR count). The number of hydrogen-bond donors (Lipinski definition) is 1. The number of nitrogens with zero attached hydrogens (tertiary/aromatic N) is 2. The Kier molecular flexibility index (Phi) is 3.38. The summed E-state index contributed by atoms with van der Waals surface area (Å²) in [6.45, 7) is 1.13. The highest BCUT2D eigenvalue weighted by Gasteiger charge is 2.41. The molecule has 1 aliphatic heterocycles. The summed E-state index contributed by atoms with van der Waals surface area (Å²) in [7, 11) is 0. The third kappa shape index (κ3) is 2.44. The maximum Gasteiger partial charge on any atom is 0.0953 e. The van der Waals surface area contributed by atoms with E-state index in [9.17, 15) is 0 Å². The lowest BCUT2D eigenvalue weighted by Crippen LogP contribution is -2.55. The molecule has 0 amide bonds. The number of halogens is 1. The highest BCUT2D eigenvalue weighted by molar-refractivity contribution is 9.10. The van der Waals surface area contributed by atoms with Crippen molar-refractivity contribution >= 4 is 15.9 Å². The molecule has 2 heterocycles. The first-order chi connectivity index (χ1) is 10.3. The first-order valence-electron chi connectivity index (χ1n) is 7.79. The Morgan fingerprint density at radius 2 is 2.05 bits per heavy atom. The van der Waals surface area contributed by atoms with Crippen molar-refractivity contribution in [3.8, 4) is 11.3 Å². The normalized spacial score (nSPS) is 24.0. The maximum absolute atomic E-state index is 4.42. The average molecular weight is 346 g/mol. The van der Waals surface area contributed by atoms with Gasteiger partial charge in [0.2, 0.25) is 0 Å². The Morgan fingerprint density at radius 3 is 2.76 bits per heavy atom. The summed E-state index contributed by atoms with van der Waals surface area (Å²) in [6.07, 6.45) is 10.5. The molecule has 1 saturated heterocycles. The summed E-state index contributed by atoms with van der Waals surface area (Å²) in [5.74, 6) is 0. The molecular formula is C17H20BrN3. The van der Waals surface area contributed by atoms with Gasteiger partial charge in [-0.1, -0.05) is 28.1 Å². The van der Waals surface area contributed by atoms with E-state index < -0.39 is 0 Å². The van der Waals surface area contributed by atoms with Crippen LogP contribution in [0.5, 0.6) is 0 Å². The molecule has 1 unspecified atom stereocenters. The Labute approximate surface area is 133 Å². The van der Waals surface area contributed by atoms with Gasteiger partial charge in [-0.2, -0.15) is 0 Å². The predicted octanol–water partition coefficient (Wildman–Crippen LogP) is 4.16. The Morgan fingerprint density at radius 1 is 1.24 bits per heavy atom. The molecule has 21 heavy (non-hydrogen) atoms. The molecule has 1 aromatic carbocycles. The third-order valence-corrected chi connectivity index (χ3v) is 5.64. The highest BCUT2D eigenvalue weighted by atomic mass is 79.9. The van der Waals surface area contributed by atoms with Crippen LogP contribution in [0.25, 0.3) is 11.3 Å². The van der Waals surface area contributed by atoms with Gasteiger partial charge in [-0.15, -0.1) is 0 Å². The smallest absolute Gasteiger partial charge is 0.0953 e. The van der Waals surface area contributed by atoms with E-state index in [0.29, 0.717) is 11.6 Å². The van der Waals surface area contributed by atoms with Crippen molar-refractivity contribution in [2.45, 2.75) is 43.7 Å². The fourth-order valence-corrected chi connectivity index (χ4v) is 4.06. The molecule has 1 aliphatic carbocycles. The second kappa shape index (κ2) is 5.25. The Hall–Kier alpha value is -1.13. The average Bonchev–Trinajstić information content (AvgIpc) is 2.96. The molecule has 1 N–H and O–H groups in total. The molecule has 2 aromatic rings. The minimum absolute atomic E-state index is 0.421. The largest absolute Gasteiger partial charge is 0.327 e. The van der Waals surface area contributed by atoms with Crippen molar-refractivity contribution in [2.24, 2.45) is 0 Å². The van der Waals surface area contributed by atoms with Crippen LogP contribution in [-0.2, 0) is 0 Å². The Bertz CT molecular complexity index is 628. The molecule has 0 radical (unpaired) electrons. The maximum atomic E-state index is 4.42. The number of imidazole rings is 1. The zero-order chi connectivity index (χ0) is 14.3. The summed E-state index contributed by atoms with van der Waals surface area (Å²) in [6, 6.07) is 9.10. The van der Waals surface area contributed by atoms with Gasteiger partial charge in [-0.3, -0.25) is 0 Å². The molecule has 2 aliphatic rings. The van der Waals surface area contributed by atoms with E-state index in [4.69, 9.17) is 0 Å². The van der Waals surface area contributed by atoms with Gasteiger partial charge in [0.05, 0.1) is 18.2 Å². The van der Waals surface area contributed by atoms with Gasteiger partial charge in [0, 0.05) is 16.1 Å². The molecule has 0 bridgehead atoms. The third-order valence-electron chi connectivity index (χ3n) is 5.11. The molecule has 1 aromatic heterocycles. The number of rotatable bonds is 2. The molecule has 110 valence electrons. The fraction of sp³-hybridized carbons (Fsp3) is 0.471. The van der Waals surface area contributed by atoms with Gasteiger partial charge in [0.25, 0.3) is 0 Å². The SMILES string of the molecule is Brc1ccc(-c2cncn2C2CCNC3(CCC3)C2)cc1. The molecular weight excluding hydrogens is 326 g/mol. The van der Waals surface area contributed by atoms with Crippen LogP contribution in [0.2, 0.25) is 0 Å². The van der Waals surface area contributed by atoms with Crippen molar-refractivity contribution in [1.82, 2.24) is 14.9 Å². The van der Waals surface area contributed by atoms with Gasteiger partial charge in [-0.25, -0.2) is 4.98 Å². The van der Waals surface area contributed by atoms with E-state index in [-0.39, 0.29) is 0 Å². The molecule has 3 nitrogen and oxygen atoms in total. The van der Waals surface area contributed by atoms with Crippen LogP contribution in [0.1, 0.15) is 38.1 Å². The van der Waals surface area contributed by atoms with Crippen molar-refractivity contribution in [2.75, 3.05) is 6.54 Å². The molecule has 4 heteroatoms. The highest BCUT2D eigenvalue weighted by Crippen LogP contribution is 2.42. The minimum atomic E-state index is 0.421. The summed E-state index contributed by atoms with van der Waals surface area (Å²) < 4.78 is 3.51. The first-order valence-corrected chi connectivity index (χ1v) is 8.58. The van der Waals surface area contributed by atoms with Crippen LogP contribution in [0, 0.1) is 0 Å². The number of aromatic nitrogens is 2. The van der Waals surface area contributed by atoms with Crippen LogP contribution >= 0.6 is 15.9 Å². The van der Waals surface area contributed by atoms with E-state index in [1.807, 2.05) is 12.5 Å². The number of benzene rings is 1. The second-order valence-corrected chi connectivity index (χ2v) is 7.32. The van der Waals surface area contributed by atoms with Gasteiger partial charge < -0.3 is 9.88 Å². The van der Waals surface area contributed by atoms with Crippen LogP contribution < -0.4 is 5.32 Å². The zero-order valence-electron chi connectivity index (χ0n) is 12.1. The summed E-state index contributed by atoms with van der Waals surface area (Å²) >= 11 is 3.51. The van der Waals surface area contributed by atoms with E-state index in [1.165, 1.54) is 43.4 Å². The van der Waals surface area contributed by atoms with E-state index >= 15 is 0 Å². The minimum Gasteiger partial charge on any atom is -0.327 e. The van der Waals surface area contributed by atoms with E-state index in [2.05, 4.69) is 55.1 Å². The quantitative estimate of drug-likeness (QED) is 0.885. The van der Waals surface area contributed by atoms with Gasteiger partial charge in [0.15, 0.2) is 0 Å². The van der Waals surface area contributed by atoms with Crippen LogP contribution in [0.15, 0.2) is 41.3 Å². The van der Waals surface area contributed by atoms with E-state index in [1.54, 1.807) is 0 Å². The van der Waals surface area contributed by atoms with Gasteiger partial charge in [-0.05, 0) is 56.3 Å². The van der Waals surface area contributed by atoms with E-state index in [0.717, 1.165) is 11.0 Å². The lowest BCUT2D eigenvalue weighted by Gasteiger charge is -2.48. The lowest BCUT2D eigenvalue weighted by atomic mass is 9.70. The molecule has 2 fully saturated rings. The first kappa shape index (κ1) is 13.5. The van der Waals surface area contributed by atoms with Gasteiger partial charge in [0.1, 0.15) is 0 Å². The summed E-state index contributed by atoms with van der Waals surface area (Å²) in [5, 5.41) is 3.75. The van der Waals surface area contributed by atoms with Crippen molar-refractivity contribution in [1.29, 1.82) is 0 Å². The monoisotopic (exact) mass is 345 g/mol. The molecule has 1 spiro atoms. The fourth-order valence-electron chi connectivity index (χ4n) is 3.79. The number of hydrogen-bond acceptors (Lipinski definition) is 2. The Balaban J connectivity index is 1.64. The van der Waals surface area contributed by atoms with Crippen molar-refractivity contribution in [3.63, 3.8) is 0 Å². The summed E-state index contributed by atoms with van der Waals surface area (Å²) in [5.41, 5.74) is 2.91. The number of piperidine rings is 1.